The van der Waals surface area contributed by atoms with E-state index in [4.69, 9.17) is 4.74 Å². The molecule has 0 heterocycles. The molecule has 1 atom stereocenters. The summed E-state index contributed by atoms with van der Waals surface area (Å²) in [6.07, 6.45) is 0.166. The lowest BCUT2D eigenvalue weighted by atomic mass is 9.97. The fraction of sp³-hybridized carbons (Fsp3) is 0.909. The molecule has 15 heavy (non-hydrogen) atoms. The third-order valence-corrected chi connectivity index (χ3v) is 1.95. The van der Waals surface area contributed by atoms with Crippen LogP contribution in [-0.2, 0) is 4.74 Å². The summed E-state index contributed by atoms with van der Waals surface area (Å²) < 4.78 is 5.10. The van der Waals surface area contributed by atoms with Crippen molar-refractivity contribution in [2.75, 3.05) is 0 Å². The van der Waals surface area contributed by atoms with Gasteiger partial charge in [-0.15, -0.1) is 0 Å². The smallest absolute Gasteiger partial charge is 0.407 e. The van der Waals surface area contributed by atoms with E-state index in [1.165, 1.54) is 0 Å². The summed E-state index contributed by atoms with van der Waals surface area (Å²) in [5, 5.41) is 12.4. The van der Waals surface area contributed by atoms with Crippen LogP contribution in [0.15, 0.2) is 0 Å². The lowest BCUT2D eigenvalue weighted by Crippen LogP contribution is -2.50. The number of hydrogen-bond acceptors (Lipinski definition) is 3. The lowest BCUT2D eigenvalue weighted by Gasteiger charge is -2.30. The van der Waals surface area contributed by atoms with E-state index in [-0.39, 0.29) is 6.04 Å². The number of amides is 1. The van der Waals surface area contributed by atoms with Crippen molar-refractivity contribution in [3.8, 4) is 0 Å². The van der Waals surface area contributed by atoms with Crippen molar-refractivity contribution in [3.05, 3.63) is 0 Å². The largest absolute Gasteiger partial charge is 0.444 e. The van der Waals surface area contributed by atoms with Crippen molar-refractivity contribution in [1.29, 1.82) is 0 Å². The summed E-state index contributed by atoms with van der Waals surface area (Å²) in [6, 6.07) is -0.299. The number of carbonyl (C=O) groups excluding carboxylic acids is 1. The van der Waals surface area contributed by atoms with Crippen LogP contribution in [0.1, 0.15) is 48.0 Å². The second-order valence-electron chi connectivity index (χ2n) is 5.26. The number of hydrogen-bond donors (Lipinski definition) is 2. The lowest BCUT2D eigenvalue weighted by molar-refractivity contribution is 0.0161. The van der Waals surface area contributed by atoms with Gasteiger partial charge in [0.1, 0.15) is 5.60 Å². The third kappa shape index (κ3) is 6.33. The molecule has 90 valence electrons. The SMILES string of the molecule is CC[C@@H](NC(=O)OC(C)(C)C)C(C)(C)O. The molecule has 4 nitrogen and oxygen atoms in total. The summed E-state index contributed by atoms with van der Waals surface area (Å²) in [5.41, 5.74) is -1.45. The molecule has 0 radical (unpaired) electrons. The molecule has 0 unspecified atom stereocenters. The van der Waals surface area contributed by atoms with Crippen LogP contribution in [-0.4, -0.2) is 28.4 Å². The maximum absolute atomic E-state index is 11.4. The Bertz CT molecular complexity index is 213. The summed E-state index contributed by atoms with van der Waals surface area (Å²) in [5.74, 6) is 0. The van der Waals surface area contributed by atoms with Gasteiger partial charge in [0, 0.05) is 0 Å². The van der Waals surface area contributed by atoms with Gasteiger partial charge in [0.25, 0.3) is 0 Å². The predicted octanol–water partition coefficient (Wildman–Crippen LogP) is 2.06. The Labute approximate surface area is 92.0 Å². The van der Waals surface area contributed by atoms with Crippen LogP contribution in [0.5, 0.6) is 0 Å². The van der Waals surface area contributed by atoms with E-state index in [1.54, 1.807) is 34.6 Å². The minimum Gasteiger partial charge on any atom is -0.444 e. The zero-order valence-corrected chi connectivity index (χ0v) is 10.5. The van der Waals surface area contributed by atoms with Gasteiger partial charge in [-0.25, -0.2) is 4.79 Å². The molecule has 0 rings (SSSR count). The van der Waals surface area contributed by atoms with E-state index in [1.807, 2.05) is 6.92 Å². The van der Waals surface area contributed by atoms with Gasteiger partial charge in [0.05, 0.1) is 11.6 Å². The Hall–Kier alpha value is -0.770. The molecule has 0 aliphatic rings. The first-order valence-electron chi connectivity index (χ1n) is 5.28. The van der Waals surface area contributed by atoms with Crippen LogP contribution in [0.25, 0.3) is 0 Å². The molecule has 0 aromatic rings. The Balaban J connectivity index is 4.27. The van der Waals surface area contributed by atoms with E-state index in [2.05, 4.69) is 5.32 Å². The molecular weight excluding hydrogens is 194 g/mol. The normalized spacial score (nSPS) is 14.6. The van der Waals surface area contributed by atoms with E-state index in [0.717, 1.165) is 0 Å². The first-order chi connectivity index (χ1) is 6.56. The zero-order valence-electron chi connectivity index (χ0n) is 10.5. The van der Waals surface area contributed by atoms with Gasteiger partial charge >= 0.3 is 6.09 Å². The van der Waals surface area contributed by atoms with Crippen LogP contribution < -0.4 is 5.32 Å². The average molecular weight is 217 g/mol. The first-order valence-corrected chi connectivity index (χ1v) is 5.28. The summed E-state index contributed by atoms with van der Waals surface area (Å²) in [6.45, 7) is 10.6. The van der Waals surface area contributed by atoms with Crippen molar-refractivity contribution in [2.45, 2.75) is 65.2 Å². The molecule has 0 bridgehead atoms. The molecule has 0 aliphatic carbocycles. The van der Waals surface area contributed by atoms with E-state index in [0.29, 0.717) is 6.42 Å². The van der Waals surface area contributed by atoms with Crippen molar-refractivity contribution >= 4 is 6.09 Å². The molecule has 4 heteroatoms. The molecular formula is C11H23NO3. The van der Waals surface area contributed by atoms with Crippen LogP contribution in [0.3, 0.4) is 0 Å². The molecule has 2 N–H and O–H groups in total. The van der Waals surface area contributed by atoms with Gasteiger partial charge in [-0.05, 0) is 41.0 Å². The van der Waals surface area contributed by atoms with Gasteiger partial charge in [-0.2, -0.15) is 0 Å². The second-order valence-corrected chi connectivity index (χ2v) is 5.26. The van der Waals surface area contributed by atoms with E-state index in [9.17, 15) is 9.90 Å². The monoisotopic (exact) mass is 217 g/mol. The summed E-state index contributed by atoms with van der Waals surface area (Å²) >= 11 is 0. The van der Waals surface area contributed by atoms with Crippen LogP contribution in [0, 0.1) is 0 Å². The molecule has 1 amide bonds. The standard InChI is InChI=1S/C11H23NO3/c1-7-8(11(5,6)14)12-9(13)15-10(2,3)4/h8,14H,7H2,1-6H3,(H,12,13)/t8-/m1/s1. The molecule has 0 spiro atoms. The molecule has 0 saturated carbocycles. The number of rotatable bonds is 3. The maximum Gasteiger partial charge on any atom is 0.407 e. The highest BCUT2D eigenvalue weighted by atomic mass is 16.6. The molecule has 0 saturated heterocycles. The molecule has 0 aromatic heterocycles. The maximum atomic E-state index is 11.4. The van der Waals surface area contributed by atoms with Crippen LogP contribution >= 0.6 is 0 Å². The number of carbonyl (C=O) groups is 1. The van der Waals surface area contributed by atoms with Crippen molar-refractivity contribution in [2.24, 2.45) is 0 Å². The van der Waals surface area contributed by atoms with Gasteiger partial charge in [-0.3, -0.25) is 0 Å². The number of ether oxygens (including phenoxy) is 1. The van der Waals surface area contributed by atoms with E-state index < -0.39 is 17.3 Å². The zero-order chi connectivity index (χ0) is 12.3. The van der Waals surface area contributed by atoms with Gasteiger partial charge in [-0.1, -0.05) is 6.92 Å². The fourth-order valence-electron chi connectivity index (χ4n) is 1.23. The highest BCUT2D eigenvalue weighted by molar-refractivity contribution is 5.68. The van der Waals surface area contributed by atoms with Crippen molar-refractivity contribution in [3.63, 3.8) is 0 Å². The third-order valence-electron chi connectivity index (χ3n) is 1.95. The van der Waals surface area contributed by atoms with Gasteiger partial charge < -0.3 is 15.2 Å². The minimum atomic E-state index is -0.939. The van der Waals surface area contributed by atoms with E-state index >= 15 is 0 Å². The predicted molar refractivity (Wildman–Crippen MR) is 59.7 cm³/mol. The Morgan fingerprint density at radius 3 is 2.07 bits per heavy atom. The first kappa shape index (κ1) is 14.2. The Kier molecular flexibility index (Phi) is 4.59. The molecule has 0 aromatic carbocycles. The van der Waals surface area contributed by atoms with Gasteiger partial charge in [0.2, 0.25) is 0 Å². The quantitative estimate of drug-likeness (QED) is 0.760. The Morgan fingerprint density at radius 1 is 1.33 bits per heavy atom. The average Bonchev–Trinajstić information content (AvgIpc) is 1.94. The topological polar surface area (TPSA) is 58.6 Å². The summed E-state index contributed by atoms with van der Waals surface area (Å²) in [4.78, 5) is 11.4. The van der Waals surface area contributed by atoms with Crippen molar-refractivity contribution < 1.29 is 14.6 Å². The summed E-state index contributed by atoms with van der Waals surface area (Å²) in [7, 11) is 0. The second kappa shape index (κ2) is 4.84. The number of alkyl carbamates (subject to hydrolysis) is 1. The van der Waals surface area contributed by atoms with Crippen LogP contribution in [0.4, 0.5) is 4.79 Å². The minimum absolute atomic E-state index is 0.299. The number of nitrogens with one attached hydrogen (secondary N) is 1. The number of aliphatic hydroxyl groups is 1. The van der Waals surface area contributed by atoms with Crippen LogP contribution in [0.2, 0.25) is 0 Å². The van der Waals surface area contributed by atoms with Gasteiger partial charge in [0.15, 0.2) is 0 Å². The molecule has 0 fully saturated rings. The highest BCUT2D eigenvalue weighted by Crippen LogP contribution is 2.13. The van der Waals surface area contributed by atoms with Crippen molar-refractivity contribution in [1.82, 2.24) is 5.32 Å². The fourth-order valence-corrected chi connectivity index (χ4v) is 1.23. The Morgan fingerprint density at radius 2 is 1.80 bits per heavy atom. The highest BCUT2D eigenvalue weighted by Gasteiger charge is 2.28. The molecule has 0 aliphatic heterocycles.